The monoisotopic (exact) mass is 346 g/mol. The molecular weight excluding hydrogens is 328 g/mol. The third kappa shape index (κ3) is 4.19. The Kier molecular flexibility index (Phi) is 5.16. The van der Waals surface area contributed by atoms with Crippen molar-refractivity contribution in [2.24, 2.45) is 0 Å². The summed E-state index contributed by atoms with van der Waals surface area (Å²) in [6.07, 6.45) is 1.14. The highest BCUT2D eigenvalue weighted by molar-refractivity contribution is 5.84. The van der Waals surface area contributed by atoms with Gasteiger partial charge < -0.3 is 20.5 Å². The average molecular weight is 346 g/mol. The molecular formula is C16H18N4O5. The van der Waals surface area contributed by atoms with Crippen molar-refractivity contribution in [1.82, 2.24) is 14.9 Å². The molecule has 1 atom stereocenters. The molecule has 0 aliphatic rings. The summed E-state index contributed by atoms with van der Waals surface area (Å²) in [5, 5.41) is 22.6. The Morgan fingerprint density at radius 2 is 2.00 bits per heavy atom. The lowest BCUT2D eigenvalue weighted by Gasteiger charge is -2.16. The van der Waals surface area contributed by atoms with Gasteiger partial charge in [0.15, 0.2) is 6.04 Å². The number of imidazole rings is 1. The van der Waals surface area contributed by atoms with Crippen LogP contribution in [0.3, 0.4) is 0 Å². The molecule has 0 radical (unpaired) electrons. The second-order valence-corrected chi connectivity index (χ2v) is 5.71. The standard InChI is InChI=1S/C16H18N4O5/c1-9-4-5-12(6-10(9)2)15(16(22)23)18-14(21)8-19-7-13(20(24)25)17-11(19)3/h4-7,15H,8H2,1-3H3,(H,18,21)(H,22,23). The number of carbonyl (C=O) groups excluding carboxylic acids is 1. The molecule has 1 aromatic carbocycles. The summed E-state index contributed by atoms with van der Waals surface area (Å²) in [5.41, 5.74) is 2.39. The zero-order chi connectivity index (χ0) is 18.7. The molecule has 1 heterocycles. The van der Waals surface area contributed by atoms with E-state index in [0.717, 1.165) is 17.3 Å². The largest absolute Gasteiger partial charge is 0.479 e. The maximum Gasteiger partial charge on any atom is 0.381 e. The quantitative estimate of drug-likeness (QED) is 0.605. The molecule has 1 unspecified atom stereocenters. The molecule has 132 valence electrons. The fourth-order valence-corrected chi connectivity index (χ4v) is 2.33. The van der Waals surface area contributed by atoms with E-state index < -0.39 is 22.8 Å². The van der Waals surface area contributed by atoms with Crippen LogP contribution in [0.1, 0.15) is 28.6 Å². The molecule has 2 aromatic rings. The SMILES string of the molecule is Cc1ccc(C(NC(=O)Cn2cc([N+](=O)[O-])nc2C)C(=O)O)cc1C. The predicted octanol–water partition coefficient (Wildman–Crippen LogP) is 1.66. The van der Waals surface area contributed by atoms with Crippen LogP contribution >= 0.6 is 0 Å². The van der Waals surface area contributed by atoms with Crippen LogP contribution in [0.5, 0.6) is 0 Å². The van der Waals surface area contributed by atoms with Crippen LogP contribution < -0.4 is 5.32 Å². The van der Waals surface area contributed by atoms with Crippen molar-refractivity contribution >= 4 is 17.7 Å². The number of nitrogens with one attached hydrogen (secondary N) is 1. The van der Waals surface area contributed by atoms with Gasteiger partial charge in [-0.05, 0) is 40.4 Å². The van der Waals surface area contributed by atoms with Gasteiger partial charge in [0, 0.05) is 6.92 Å². The highest BCUT2D eigenvalue weighted by Gasteiger charge is 2.24. The number of rotatable bonds is 6. The van der Waals surface area contributed by atoms with Crippen molar-refractivity contribution < 1.29 is 19.6 Å². The number of carbonyl (C=O) groups is 2. The summed E-state index contributed by atoms with van der Waals surface area (Å²) in [5.74, 6) is -1.85. The van der Waals surface area contributed by atoms with E-state index in [1.54, 1.807) is 18.2 Å². The smallest absolute Gasteiger partial charge is 0.381 e. The second-order valence-electron chi connectivity index (χ2n) is 5.71. The van der Waals surface area contributed by atoms with E-state index in [1.165, 1.54) is 11.5 Å². The summed E-state index contributed by atoms with van der Waals surface area (Å²) in [6, 6.07) is 3.94. The summed E-state index contributed by atoms with van der Waals surface area (Å²) < 4.78 is 1.30. The Balaban J connectivity index is 2.17. The summed E-state index contributed by atoms with van der Waals surface area (Å²) in [7, 11) is 0. The van der Waals surface area contributed by atoms with Crippen molar-refractivity contribution in [2.45, 2.75) is 33.4 Å². The number of nitro groups is 1. The lowest BCUT2D eigenvalue weighted by atomic mass is 10.0. The van der Waals surface area contributed by atoms with Gasteiger partial charge in [0.05, 0.1) is 0 Å². The van der Waals surface area contributed by atoms with Gasteiger partial charge in [0.2, 0.25) is 11.7 Å². The van der Waals surface area contributed by atoms with E-state index in [1.807, 2.05) is 13.8 Å². The zero-order valence-electron chi connectivity index (χ0n) is 14.0. The van der Waals surface area contributed by atoms with Crippen LogP contribution in [0.25, 0.3) is 0 Å². The van der Waals surface area contributed by atoms with Crippen LogP contribution in [-0.2, 0) is 16.1 Å². The third-order valence-electron chi connectivity index (χ3n) is 3.88. The molecule has 2 rings (SSSR count). The lowest BCUT2D eigenvalue weighted by Crippen LogP contribution is -2.36. The fraction of sp³-hybridized carbons (Fsp3) is 0.312. The molecule has 1 amide bonds. The summed E-state index contributed by atoms with van der Waals surface area (Å²) in [4.78, 5) is 37.5. The fourth-order valence-electron chi connectivity index (χ4n) is 2.33. The predicted molar refractivity (Wildman–Crippen MR) is 88.1 cm³/mol. The molecule has 9 heteroatoms. The molecule has 0 aliphatic carbocycles. The molecule has 25 heavy (non-hydrogen) atoms. The first-order valence-corrected chi connectivity index (χ1v) is 7.46. The van der Waals surface area contributed by atoms with Crippen molar-refractivity contribution in [2.75, 3.05) is 0 Å². The van der Waals surface area contributed by atoms with Crippen molar-refractivity contribution in [3.8, 4) is 0 Å². The van der Waals surface area contributed by atoms with Gasteiger partial charge in [-0.15, -0.1) is 0 Å². The Hall–Kier alpha value is -3.23. The van der Waals surface area contributed by atoms with Gasteiger partial charge >= 0.3 is 11.8 Å². The maximum absolute atomic E-state index is 12.2. The van der Waals surface area contributed by atoms with Crippen LogP contribution in [0.2, 0.25) is 0 Å². The molecule has 0 saturated carbocycles. The van der Waals surface area contributed by atoms with E-state index in [2.05, 4.69) is 10.3 Å². The van der Waals surface area contributed by atoms with E-state index in [4.69, 9.17) is 0 Å². The number of hydrogen-bond acceptors (Lipinski definition) is 5. The van der Waals surface area contributed by atoms with Crippen LogP contribution in [0, 0.1) is 30.9 Å². The highest BCUT2D eigenvalue weighted by atomic mass is 16.6. The number of aromatic nitrogens is 2. The van der Waals surface area contributed by atoms with Crippen LogP contribution in [-0.4, -0.2) is 31.5 Å². The minimum atomic E-state index is -1.20. The minimum absolute atomic E-state index is 0.263. The molecule has 0 spiro atoms. The average Bonchev–Trinajstić information content (AvgIpc) is 2.89. The first-order chi connectivity index (χ1) is 11.7. The number of carboxylic acids is 1. The molecule has 1 aromatic heterocycles. The van der Waals surface area contributed by atoms with Crippen molar-refractivity contribution in [3.05, 3.63) is 57.0 Å². The number of amides is 1. The number of hydrogen-bond donors (Lipinski definition) is 2. The third-order valence-corrected chi connectivity index (χ3v) is 3.88. The molecule has 9 nitrogen and oxygen atoms in total. The lowest BCUT2D eigenvalue weighted by molar-refractivity contribution is -0.389. The Morgan fingerprint density at radius 1 is 1.32 bits per heavy atom. The molecule has 0 saturated heterocycles. The van der Waals surface area contributed by atoms with Gasteiger partial charge in [-0.3, -0.25) is 9.36 Å². The number of benzene rings is 1. The topological polar surface area (TPSA) is 127 Å². The number of nitrogens with zero attached hydrogens (tertiary/aromatic N) is 3. The van der Waals surface area contributed by atoms with E-state index in [9.17, 15) is 24.8 Å². The normalized spacial score (nSPS) is 11.8. The highest BCUT2D eigenvalue weighted by Crippen LogP contribution is 2.18. The van der Waals surface area contributed by atoms with E-state index >= 15 is 0 Å². The second kappa shape index (κ2) is 7.12. The van der Waals surface area contributed by atoms with Crippen LogP contribution in [0.4, 0.5) is 5.82 Å². The number of aryl methyl sites for hydroxylation is 3. The first kappa shape index (κ1) is 18.1. The summed E-state index contributed by atoms with van der Waals surface area (Å²) in [6.45, 7) is 5.02. The first-order valence-electron chi connectivity index (χ1n) is 7.46. The number of carboxylic acid groups (broad SMARTS) is 1. The Labute approximate surface area is 143 Å². The van der Waals surface area contributed by atoms with Gasteiger partial charge in [0.25, 0.3) is 0 Å². The van der Waals surface area contributed by atoms with Gasteiger partial charge in [-0.1, -0.05) is 18.2 Å². The molecule has 0 aliphatic heterocycles. The Morgan fingerprint density at radius 3 is 2.52 bits per heavy atom. The molecule has 0 bridgehead atoms. The van der Waals surface area contributed by atoms with E-state index in [0.29, 0.717) is 11.4 Å². The van der Waals surface area contributed by atoms with Gasteiger partial charge in [-0.25, -0.2) is 4.79 Å². The van der Waals surface area contributed by atoms with Gasteiger partial charge in [-0.2, -0.15) is 0 Å². The maximum atomic E-state index is 12.2. The minimum Gasteiger partial charge on any atom is -0.479 e. The van der Waals surface area contributed by atoms with Crippen LogP contribution in [0.15, 0.2) is 24.4 Å². The van der Waals surface area contributed by atoms with Gasteiger partial charge in [0.1, 0.15) is 12.7 Å². The summed E-state index contributed by atoms with van der Waals surface area (Å²) >= 11 is 0. The van der Waals surface area contributed by atoms with E-state index in [-0.39, 0.29) is 12.4 Å². The van der Waals surface area contributed by atoms with Crippen molar-refractivity contribution in [3.63, 3.8) is 0 Å². The Bertz CT molecular complexity index is 843. The van der Waals surface area contributed by atoms with Crippen molar-refractivity contribution in [1.29, 1.82) is 0 Å². The molecule has 0 fully saturated rings. The molecule has 2 N–H and O–H groups in total. The zero-order valence-corrected chi connectivity index (χ0v) is 14.0. The number of aliphatic carboxylic acids is 1.